The third-order valence-corrected chi connectivity index (χ3v) is 4.30. The smallest absolute Gasteiger partial charge is 0.192 e. The summed E-state index contributed by atoms with van der Waals surface area (Å²) in [5.74, 6) is 0. The second-order valence-electron chi connectivity index (χ2n) is 5.97. The molecule has 1 aromatic carbocycles. The fraction of sp³-hybridized carbons (Fsp3) is 0.471. The average Bonchev–Trinajstić information content (AvgIpc) is 2.96. The van der Waals surface area contributed by atoms with Crippen molar-refractivity contribution in [3.05, 3.63) is 45.7 Å². The molecule has 1 atom stereocenters. The van der Waals surface area contributed by atoms with E-state index in [-0.39, 0.29) is 5.43 Å². The van der Waals surface area contributed by atoms with Crippen molar-refractivity contribution in [2.24, 2.45) is 0 Å². The van der Waals surface area contributed by atoms with Crippen LogP contribution in [0.25, 0.3) is 10.9 Å². The van der Waals surface area contributed by atoms with Crippen LogP contribution in [0.1, 0.15) is 50.0 Å². The van der Waals surface area contributed by atoms with E-state index >= 15 is 0 Å². The lowest BCUT2D eigenvalue weighted by Crippen LogP contribution is -2.26. The maximum Gasteiger partial charge on any atom is 0.192 e. The SMILES string of the molecule is Cc1c(C2CCCN2)n(C(C)C)c2ccccc2c1=O. The molecule has 1 aliphatic heterocycles. The van der Waals surface area contributed by atoms with Gasteiger partial charge in [0.1, 0.15) is 0 Å². The molecule has 0 amide bonds. The minimum absolute atomic E-state index is 0.182. The normalized spacial score (nSPS) is 19.1. The first kappa shape index (κ1) is 13.4. The highest BCUT2D eigenvalue weighted by molar-refractivity contribution is 5.80. The fourth-order valence-corrected chi connectivity index (χ4v) is 3.41. The standard InChI is InChI=1S/C17H22N2O/c1-11(2)19-15-9-5-4-7-13(15)17(20)12(3)16(19)14-8-6-10-18-14/h4-5,7,9,11,14,18H,6,8,10H2,1-3H3. The number of para-hydroxylation sites is 1. The zero-order valence-corrected chi connectivity index (χ0v) is 12.4. The molecule has 0 saturated carbocycles. The second-order valence-corrected chi connectivity index (χ2v) is 5.97. The summed E-state index contributed by atoms with van der Waals surface area (Å²) in [5, 5.41) is 4.37. The van der Waals surface area contributed by atoms with Gasteiger partial charge in [0, 0.05) is 28.7 Å². The summed E-state index contributed by atoms with van der Waals surface area (Å²) >= 11 is 0. The van der Waals surface area contributed by atoms with Gasteiger partial charge in [-0.15, -0.1) is 0 Å². The van der Waals surface area contributed by atoms with Gasteiger partial charge in [0.2, 0.25) is 0 Å². The summed E-state index contributed by atoms with van der Waals surface area (Å²) in [6, 6.07) is 8.62. The number of fused-ring (bicyclic) bond motifs is 1. The summed E-state index contributed by atoms with van der Waals surface area (Å²) in [6.07, 6.45) is 2.30. The number of benzene rings is 1. The molecule has 0 spiro atoms. The zero-order valence-electron chi connectivity index (χ0n) is 12.4. The predicted molar refractivity (Wildman–Crippen MR) is 83.3 cm³/mol. The van der Waals surface area contributed by atoms with Gasteiger partial charge >= 0.3 is 0 Å². The third kappa shape index (κ3) is 1.97. The molecular weight excluding hydrogens is 248 g/mol. The average molecular weight is 270 g/mol. The molecule has 0 bridgehead atoms. The van der Waals surface area contributed by atoms with E-state index in [4.69, 9.17) is 0 Å². The van der Waals surface area contributed by atoms with Gasteiger partial charge < -0.3 is 9.88 Å². The number of hydrogen-bond donors (Lipinski definition) is 1. The Balaban J connectivity index is 2.40. The van der Waals surface area contributed by atoms with Crippen molar-refractivity contribution in [2.45, 2.75) is 45.7 Å². The highest BCUT2D eigenvalue weighted by Gasteiger charge is 2.25. The lowest BCUT2D eigenvalue weighted by Gasteiger charge is -2.26. The third-order valence-electron chi connectivity index (χ3n) is 4.30. The molecular formula is C17H22N2O. The molecule has 2 heterocycles. The second kappa shape index (κ2) is 5.06. The van der Waals surface area contributed by atoms with E-state index in [0.717, 1.165) is 29.4 Å². The Hall–Kier alpha value is -1.61. The minimum atomic E-state index is 0.182. The lowest BCUT2D eigenvalue weighted by molar-refractivity contribution is 0.521. The first-order chi connectivity index (χ1) is 9.61. The van der Waals surface area contributed by atoms with Gasteiger partial charge in [-0.2, -0.15) is 0 Å². The Morgan fingerprint density at radius 1 is 1.30 bits per heavy atom. The highest BCUT2D eigenvalue weighted by atomic mass is 16.1. The van der Waals surface area contributed by atoms with Crippen LogP contribution in [0.3, 0.4) is 0 Å². The number of nitrogens with zero attached hydrogens (tertiary/aromatic N) is 1. The van der Waals surface area contributed by atoms with Crippen molar-refractivity contribution in [2.75, 3.05) is 6.54 Å². The van der Waals surface area contributed by atoms with Crippen molar-refractivity contribution in [1.82, 2.24) is 9.88 Å². The fourth-order valence-electron chi connectivity index (χ4n) is 3.41. The number of pyridine rings is 1. The van der Waals surface area contributed by atoms with Crippen LogP contribution in [0.15, 0.2) is 29.1 Å². The molecule has 3 rings (SSSR count). The van der Waals surface area contributed by atoms with Gasteiger partial charge in [-0.1, -0.05) is 12.1 Å². The quantitative estimate of drug-likeness (QED) is 0.908. The summed E-state index contributed by atoms with van der Waals surface area (Å²) < 4.78 is 2.34. The molecule has 0 aliphatic carbocycles. The summed E-state index contributed by atoms with van der Waals surface area (Å²) in [7, 11) is 0. The van der Waals surface area contributed by atoms with Crippen LogP contribution in [0.2, 0.25) is 0 Å². The lowest BCUT2D eigenvalue weighted by atomic mass is 10.0. The van der Waals surface area contributed by atoms with Gasteiger partial charge in [0.05, 0.1) is 5.52 Å². The molecule has 3 nitrogen and oxygen atoms in total. The van der Waals surface area contributed by atoms with Crippen LogP contribution in [-0.2, 0) is 0 Å². The van der Waals surface area contributed by atoms with E-state index < -0.39 is 0 Å². The van der Waals surface area contributed by atoms with Gasteiger partial charge in [-0.25, -0.2) is 0 Å². The molecule has 1 aliphatic rings. The van der Waals surface area contributed by atoms with Crippen molar-refractivity contribution >= 4 is 10.9 Å². The molecule has 3 heteroatoms. The zero-order chi connectivity index (χ0) is 14.3. The first-order valence-electron chi connectivity index (χ1n) is 7.48. The number of nitrogens with one attached hydrogen (secondary N) is 1. The van der Waals surface area contributed by atoms with E-state index in [1.165, 1.54) is 12.1 Å². The molecule has 1 aromatic heterocycles. The summed E-state index contributed by atoms with van der Waals surface area (Å²) in [6.45, 7) is 7.40. The number of rotatable bonds is 2. The maximum absolute atomic E-state index is 12.6. The molecule has 1 saturated heterocycles. The van der Waals surface area contributed by atoms with Crippen molar-refractivity contribution < 1.29 is 0 Å². The van der Waals surface area contributed by atoms with E-state index in [1.807, 2.05) is 25.1 Å². The molecule has 1 fully saturated rings. The Morgan fingerprint density at radius 2 is 2.05 bits per heavy atom. The first-order valence-corrected chi connectivity index (χ1v) is 7.48. The van der Waals surface area contributed by atoms with Crippen LogP contribution in [0, 0.1) is 6.92 Å². The molecule has 2 aromatic rings. The van der Waals surface area contributed by atoms with Crippen molar-refractivity contribution in [3.63, 3.8) is 0 Å². The highest BCUT2D eigenvalue weighted by Crippen LogP contribution is 2.30. The van der Waals surface area contributed by atoms with Crippen LogP contribution in [0.4, 0.5) is 0 Å². The Morgan fingerprint density at radius 3 is 2.70 bits per heavy atom. The molecule has 106 valence electrons. The van der Waals surface area contributed by atoms with Crippen molar-refractivity contribution in [1.29, 1.82) is 0 Å². The topological polar surface area (TPSA) is 34.0 Å². The van der Waals surface area contributed by atoms with Crippen LogP contribution in [0.5, 0.6) is 0 Å². The number of hydrogen-bond acceptors (Lipinski definition) is 2. The van der Waals surface area contributed by atoms with Crippen molar-refractivity contribution in [3.8, 4) is 0 Å². The predicted octanol–water partition coefficient (Wildman–Crippen LogP) is 3.32. The van der Waals surface area contributed by atoms with Gasteiger partial charge in [-0.05, 0) is 52.3 Å². The molecule has 0 radical (unpaired) electrons. The van der Waals surface area contributed by atoms with E-state index in [9.17, 15) is 4.79 Å². The Labute approximate surface area is 119 Å². The Bertz CT molecular complexity index is 694. The maximum atomic E-state index is 12.6. The van der Waals surface area contributed by atoms with Crippen LogP contribution >= 0.6 is 0 Å². The van der Waals surface area contributed by atoms with Crippen LogP contribution in [-0.4, -0.2) is 11.1 Å². The van der Waals surface area contributed by atoms with Crippen LogP contribution < -0.4 is 10.7 Å². The summed E-state index contributed by atoms with van der Waals surface area (Å²) in [5.41, 5.74) is 3.32. The monoisotopic (exact) mass is 270 g/mol. The molecule has 1 unspecified atom stereocenters. The van der Waals surface area contributed by atoms with Gasteiger partial charge in [0.15, 0.2) is 5.43 Å². The summed E-state index contributed by atoms with van der Waals surface area (Å²) in [4.78, 5) is 12.6. The largest absolute Gasteiger partial charge is 0.340 e. The minimum Gasteiger partial charge on any atom is -0.340 e. The van der Waals surface area contributed by atoms with Gasteiger partial charge in [0.25, 0.3) is 0 Å². The molecule has 1 N–H and O–H groups in total. The van der Waals surface area contributed by atoms with Gasteiger partial charge in [-0.3, -0.25) is 4.79 Å². The van der Waals surface area contributed by atoms with E-state index in [0.29, 0.717) is 12.1 Å². The van der Waals surface area contributed by atoms with E-state index in [2.05, 4.69) is 29.8 Å². The Kier molecular flexibility index (Phi) is 3.38. The van der Waals surface area contributed by atoms with E-state index in [1.54, 1.807) is 0 Å². The number of aromatic nitrogens is 1. The molecule has 20 heavy (non-hydrogen) atoms.